The first-order chi connectivity index (χ1) is 17.3. The zero-order valence-corrected chi connectivity index (χ0v) is 22.2. The van der Waals surface area contributed by atoms with Crippen molar-refractivity contribution in [2.75, 3.05) is 0 Å². The predicted octanol–water partition coefficient (Wildman–Crippen LogP) is 5.76. The van der Waals surface area contributed by atoms with Crippen molar-refractivity contribution in [3.05, 3.63) is 83.9 Å². The van der Waals surface area contributed by atoms with Gasteiger partial charge in [-0.25, -0.2) is 13.9 Å². The van der Waals surface area contributed by atoms with Crippen molar-refractivity contribution in [2.24, 2.45) is 0 Å². The molecule has 4 rings (SSSR count). The van der Waals surface area contributed by atoms with Gasteiger partial charge < -0.3 is 10.1 Å². The molecule has 2 heterocycles. The highest BCUT2D eigenvalue weighted by molar-refractivity contribution is 5.87. The topological polar surface area (TPSA) is 76.5 Å². The third-order valence-electron chi connectivity index (χ3n) is 6.10. The van der Waals surface area contributed by atoms with E-state index >= 15 is 0 Å². The van der Waals surface area contributed by atoms with Gasteiger partial charge in [0.25, 0.3) is 0 Å². The molecule has 0 aliphatic carbocycles. The number of rotatable bonds is 4. The van der Waals surface area contributed by atoms with E-state index in [2.05, 4.69) is 5.32 Å². The highest BCUT2D eigenvalue weighted by Crippen LogP contribution is 2.47. The van der Waals surface area contributed by atoms with Crippen LogP contribution in [-0.4, -0.2) is 43.9 Å². The van der Waals surface area contributed by atoms with Crippen LogP contribution in [-0.2, 0) is 9.53 Å². The second-order valence-corrected chi connectivity index (χ2v) is 11.5. The average molecular weight is 507 g/mol. The van der Waals surface area contributed by atoms with Crippen molar-refractivity contribution in [2.45, 2.75) is 77.1 Å². The van der Waals surface area contributed by atoms with Crippen LogP contribution < -0.4 is 5.32 Å². The number of ether oxygens (including phenoxy) is 1. The van der Waals surface area contributed by atoms with Gasteiger partial charge in [0.05, 0.1) is 17.4 Å². The fourth-order valence-corrected chi connectivity index (χ4v) is 4.74. The first-order valence-electron chi connectivity index (χ1n) is 12.5. The monoisotopic (exact) mass is 506 g/mol. The normalized spacial score (nSPS) is 20.1. The Bertz CT molecular complexity index is 1260. The van der Waals surface area contributed by atoms with Gasteiger partial charge in [0.15, 0.2) is 0 Å². The second kappa shape index (κ2) is 10.00. The number of para-hydroxylation sites is 1. The van der Waals surface area contributed by atoms with E-state index in [0.29, 0.717) is 17.7 Å². The van der Waals surface area contributed by atoms with E-state index in [4.69, 9.17) is 9.84 Å². The molecule has 0 bridgehead atoms. The molecule has 1 fully saturated rings. The Hall–Kier alpha value is -3.68. The van der Waals surface area contributed by atoms with E-state index in [1.54, 1.807) is 37.6 Å². The second-order valence-electron chi connectivity index (χ2n) is 11.5. The van der Waals surface area contributed by atoms with E-state index in [-0.39, 0.29) is 11.8 Å². The number of nitrogens with zero attached hydrogens (tertiary/aromatic N) is 3. The summed E-state index contributed by atoms with van der Waals surface area (Å²) in [6, 6.07) is 16.3. The van der Waals surface area contributed by atoms with Crippen LogP contribution in [0.3, 0.4) is 0 Å². The van der Waals surface area contributed by atoms with Crippen molar-refractivity contribution in [3.63, 3.8) is 0 Å². The molecule has 0 spiro atoms. The molecule has 0 radical (unpaired) electrons. The van der Waals surface area contributed by atoms with Gasteiger partial charge in [-0.2, -0.15) is 5.10 Å². The molecule has 37 heavy (non-hydrogen) atoms. The summed E-state index contributed by atoms with van der Waals surface area (Å²) in [6.45, 7) is 11.0. The third-order valence-corrected chi connectivity index (χ3v) is 6.10. The molecule has 0 saturated carbocycles. The van der Waals surface area contributed by atoms with Crippen molar-refractivity contribution in [1.29, 1.82) is 0 Å². The quantitative estimate of drug-likeness (QED) is 0.488. The van der Waals surface area contributed by atoms with Gasteiger partial charge in [-0.05, 0) is 83.9 Å². The molecule has 2 amide bonds. The van der Waals surface area contributed by atoms with Gasteiger partial charge in [0, 0.05) is 17.7 Å². The molecular weight excluding hydrogens is 471 g/mol. The number of likely N-dealkylation sites (tertiary alicyclic amines) is 1. The minimum absolute atomic E-state index is 0.287. The molecule has 2 aromatic carbocycles. The molecule has 3 atom stereocenters. The molecule has 196 valence electrons. The zero-order valence-electron chi connectivity index (χ0n) is 22.2. The maximum absolute atomic E-state index is 14.4. The van der Waals surface area contributed by atoms with Gasteiger partial charge in [-0.15, -0.1) is 0 Å². The number of halogens is 1. The van der Waals surface area contributed by atoms with Crippen LogP contribution in [0.25, 0.3) is 5.69 Å². The summed E-state index contributed by atoms with van der Waals surface area (Å²) in [5, 5.41) is 7.82. The minimum Gasteiger partial charge on any atom is -0.444 e. The van der Waals surface area contributed by atoms with Crippen LogP contribution in [0.2, 0.25) is 0 Å². The van der Waals surface area contributed by atoms with Gasteiger partial charge in [0.2, 0.25) is 5.91 Å². The van der Waals surface area contributed by atoms with Gasteiger partial charge >= 0.3 is 6.09 Å². The number of nitrogens with one attached hydrogen (secondary N) is 1. The number of carbonyl (C=O) groups is 2. The summed E-state index contributed by atoms with van der Waals surface area (Å²) >= 11 is 0. The Morgan fingerprint density at radius 3 is 2.32 bits per heavy atom. The summed E-state index contributed by atoms with van der Waals surface area (Å²) < 4.78 is 21.9. The van der Waals surface area contributed by atoms with Gasteiger partial charge in [-0.1, -0.05) is 30.3 Å². The van der Waals surface area contributed by atoms with E-state index < -0.39 is 35.1 Å². The van der Waals surface area contributed by atoms with Gasteiger partial charge in [0.1, 0.15) is 17.5 Å². The lowest BCUT2D eigenvalue weighted by Crippen LogP contribution is -2.52. The van der Waals surface area contributed by atoms with Crippen LogP contribution in [0.4, 0.5) is 9.18 Å². The Balaban J connectivity index is 1.81. The van der Waals surface area contributed by atoms with Crippen LogP contribution >= 0.6 is 0 Å². The lowest BCUT2D eigenvalue weighted by Gasteiger charge is -2.34. The van der Waals surface area contributed by atoms with Crippen molar-refractivity contribution in [3.8, 4) is 5.69 Å². The van der Waals surface area contributed by atoms with Gasteiger partial charge in [-0.3, -0.25) is 9.69 Å². The summed E-state index contributed by atoms with van der Waals surface area (Å²) in [6.07, 6.45) is 1.54. The molecule has 1 aliphatic heterocycles. The maximum Gasteiger partial charge on any atom is 0.411 e. The number of aromatic nitrogens is 2. The number of hydrogen-bond donors (Lipinski definition) is 1. The van der Waals surface area contributed by atoms with E-state index in [1.165, 1.54) is 17.0 Å². The lowest BCUT2D eigenvalue weighted by molar-refractivity contribution is -0.127. The Morgan fingerprint density at radius 2 is 1.70 bits per heavy atom. The highest BCUT2D eigenvalue weighted by atomic mass is 19.1. The average Bonchev–Trinajstić information content (AvgIpc) is 3.43. The molecule has 0 unspecified atom stereocenters. The van der Waals surface area contributed by atoms with E-state index in [9.17, 15) is 14.0 Å². The number of benzene rings is 2. The van der Waals surface area contributed by atoms with Crippen LogP contribution in [0.1, 0.15) is 71.2 Å². The molecule has 1 aromatic heterocycles. The van der Waals surface area contributed by atoms with Crippen LogP contribution in [0.15, 0.2) is 66.9 Å². The zero-order chi connectivity index (χ0) is 27.0. The van der Waals surface area contributed by atoms with Crippen molar-refractivity contribution < 1.29 is 18.7 Å². The Labute approximate surface area is 217 Å². The van der Waals surface area contributed by atoms with Crippen molar-refractivity contribution in [1.82, 2.24) is 20.0 Å². The summed E-state index contributed by atoms with van der Waals surface area (Å²) in [7, 11) is 0. The molecular formula is C29H35FN4O3. The van der Waals surface area contributed by atoms with Crippen LogP contribution in [0, 0.1) is 5.82 Å². The predicted molar refractivity (Wildman–Crippen MR) is 140 cm³/mol. The summed E-state index contributed by atoms with van der Waals surface area (Å²) in [5.74, 6) is -1.07. The maximum atomic E-state index is 14.4. The van der Waals surface area contributed by atoms with E-state index in [1.807, 2.05) is 63.4 Å². The Morgan fingerprint density at radius 1 is 1.00 bits per heavy atom. The fraction of sp³-hybridized carbons (Fsp3) is 0.414. The molecule has 3 aromatic rings. The minimum atomic E-state index is -0.825. The smallest absolute Gasteiger partial charge is 0.411 e. The number of carbonyl (C=O) groups excluding carboxylic acids is 2. The lowest BCUT2D eigenvalue weighted by atomic mass is 9.90. The van der Waals surface area contributed by atoms with E-state index in [0.717, 1.165) is 5.69 Å². The first kappa shape index (κ1) is 26.4. The third kappa shape index (κ3) is 6.18. The summed E-state index contributed by atoms with van der Waals surface area (Å²) in [5.41, 5.74) is 0.897. The molecule has 1 aliphatic rings. The SMILES string of the molecule is CC(C)(C)NC(=O)[C@@H]1C[C@H](c2ccn(-c3ccccc3)n2)[C@H](c2cccc(F)c2)N1C(=O)OC(C)(C)C. The molecule has 1 saturated heterocycles. The number of amides is 2. The fourth-order valence-electron chi connectivity index (χ4n) is 4.74. The molecule has 1 N–H and O–H groups in total. The first-order valence-corrected chi connectivity index (χ1v) is 12.5. The highest BCUT2D eigenvalue weighted by Gasteiger charge is 2.50. The molecule has 8 heteroatoms. The standard InChI is InChI=1S/C29H35FN4O3/c1-28(2,3)31-26(35)24-18-22(23-15-16-33(32-23)21-13-8-7-9-14-21)25(19-11-10-12-20(30)17-19)34(24)27(36)37-29(4,5)6/h7-17,22,24-25H,18H2,1-6H3,(H,31,35)/t22-,24+,25+/m1/s1. The molecule has 7 nitrogen and oxygen atoms in total. The Kier molecular flexibility index (Phi) is 7.13. The van der Waals surface area contributed by atoms with Crippen molar-refractivity contribution >= 4 is 12.0 Å². The number of hydrogen-bond acceptors (Lipinski definition) is 4. The largest absolute Gasteiger partial charge is 0.444 e. The van der Waals surface area contributed by atoms with Crippen LogP contribution in [0.5, 0.6) is 0 Å². The summed E-state index contributed by atoms with van der Waals surface area (Å²) in [4.78, 5) is 28.6.